The Morgan fingerprint density at radius 1 is 1.17 bits per heavy atom. The summed E-state index contributed by atoms with van der Waals surface area (Å²) in [6, 6.07) is 10.00. The summed E-state index contributed by atoms with van der Waals surface area (Å²) < 4.78 is 7.88. The third-order valence-electron chi connectivity index (χ3n) is 3.64. The van der Waals surface area contributed by atoms with E-state index in [2.05, 4.69) is 20.6 Å². The lowest BCUT2D eigenvalue weighted by atomic mass is 10.2. The first kappa shape index (κ1) is 17.6. The van der Waals surface area contributed by atoms with Crippen LogP contribution in [-0.4, -0.2) is 27.0 Å². The van der Waals surface area contributed by atoms with Gasteiger partial charge in [-0.15, -0.1) is 24.0 Å². The first-order valence-electron chi connectivity index (χ1n) is 7.32. The number of pyridine rings is 1. The fraction of sp³-hybridized carbons (Fsp3) is 0.294. The summed E-state index contributed by atoms with van der Waals surface area (Å²) in [4.78, 5) is 8.91. The zero-order valence-electron chi connectivity index (χ0n) is 12.9. The van der Waals surface area contributed by atoms with Crippen molar-refractivity contribution in [2.75, 3.05) is 12.5 Å². The zero-order valence-corrected chi connectivity index (χ0v) is 14.5. The second-order valence-corrected chi connectivity index (χ2v) is 5.51. The molecule has 0 bridgehead atoms. The van der Waals surface area contributed by atoms with Gasteiger partial charge < -0.3 is 9.30 Å². The maximum Gasteiger partial charge on any atom is 0.125 e. The van der Waals surface area contributed by atoms with Crippen LogP contribution in [0.3, 0.4) is 0 Å². The number of fused-ring (bicyclic) bond motifs is 1. The lowest BCUT2D eigenvalue weighted by molar-refractivity contribution is 0.315. The molecule has 0 N–H and O–H groups in total. The minimum atomic E-state index is 0. The molecule has 0 radical (unpaired) electrons. The molecule has 0 fully saturated rings. The van der Waals surface area contributed by atoms with Gasteiger partial charge in [-0.3, -0.25) is 4.98 Å². The van der Waals surface area contributed by atoms with E-state index in [1.807, 2.05) is 37.5 Å². The van der Waals surface area contributed by atoms with Crippen molar-refractivity contribution in [1.29, 1.82) is 0 Å². The van der Waals surface area contributed by atoms with Crippen LogP contribution >= 0.6 is 24.0 Å². The van der Waals surface area contributed by atoms with Crippen LogP contribution in [-0.2, 0) is 6.54 Å². The molecule has 0 atom stereocenters. The van der Waals surface area contributed by atoms with Gasteiger partial charge in [0.05, 0.1) is 36.2 Å². The Labute approximate surface area is 146 Å². The molecule has 0 amide bonds. The molecule has 23 heavy (non-hydrogen) atoms. The van der Waals surface area contributed by atoms with E-state index in [0.29, 0.717) is 19.0 Å². The van der Waals surface area contributed by atoms with E-state index in [-0.39, 0.29) is 12.4 Å². The molecule has 4 nitrogen and oxygen atoms in total. The largest absolute Gasteiger partial charge is 0.493 e. The van der Waals surface area contributed by atoms with Gasteiger partial charge in [-0.2, -0.15) is 0 Å². The summed E-state index contributed by atoms with van der Waals surface area (Å²) in [6.45, 7) is 3.35. The van der Waals surface area contributed by atoms with Crippen molar-refractivity contribution in [3.63, 3.8) is 0 Å². The number of halogens is 2. The summed E-state index contributed by atoms with van der Waals surface area (Å²) >= 11 is 5.69. The van der Waals surface area contributed by atoms with Crippen molar-refractivity contribution in [2.45, 2.75) is 19.9 Å². The van der Waals surface area contributed by atoms with Gasteiger partial charge >= 0.3 is 0 Å². The van der Waals surface area contributed by atoms with Crippen LogP contribution in [0, 0.1) is 6.92 Å². The van der Waals surface area contributed by atoms with E-state index in [0.717, 1.165) is 34.5 Å². The number of rotatable bonds is 6. The molecule has 0 spiro atoms. The highest BCUT2D eigenvalue weighted by Gasteiger charge is 2.09. The minimum Gasteiger partial charge on any atom is -0.493 e. The smallest absolute Gasteiger partial charge is 0.125 e. The Balaban J connectivity index is 0.00000192. The number of para-hydroxylation sites is 2. The van der Waals surface area contributed by atoms with Crippen molar-refractivity contribution in [3.05, 3.63) is 54.1 Å². The SMILES string of the molecule is Cc1c(OCCCCl)ccnc1Cn1cnc2ccccc21.Cl. The molecule has 0 saturated carbocycles. The molecule has 0 aliphatic rings. The van der Waals surface area contributed by atoms with Gasteiger partial charge in [0, 0.05) is 17.6 Å². The Hall–Kier alpha value is -1.78. The summed E-state index contributed by atoms with van der Waals surface area (Å²) in [6.07, 6.45) is 4.48. The van der Waals surface area contributed by atoms with E-state index in [4.69, 9.17) is 16.3 Å². The molecule has 3 aromatic rings. The normalized spacial score (nSPS) is 10.5. The molecule has 0 aliphatic heterocycles. The van der Waals surface area contributed by atoms with Gasteiger partial charge in [-0.1, -0.05) is 12.1 Å². The molecular weight excluding hydrogens is 333 g/mol. The number of hydrogen-bond donors (Lipinski definition) is 0. The van der Waals surface area contributed by atoms with Gasteiger partial charge in [0.25, 0.3) is 0 Å². The van der Waals surface area contributed by atoms with Crippen LogP contribution in [0.4, 0.5) is 0 Å². The third-order valence-corrected chi connectivity index (χ3v) is 3.91. The van der Waals surface area contributed by atoms with E-state index in [1.54, 1.807) is 6.20 Å². The molecule has 0 saturated heterocycles. The Morgan fingerprint density at radius 3 is 2.83 bits per heavy atom. The van der Waals surface area contributed by atoms with Crippen LogP contribution in [0.25, 0.3) is 11.0 Å². The fourth-order valence-electron chi connectivity index (χ4n) is 2.41. The van der Waals surface area contributed by atoms with Crippen LogP contribution in [0.5, 0.6) is 5.75 Å². The maximum absolute atomic E-state index is 5.78. The summed E-state index contributed by atoms with van der Waals surface area (Å²) in [7, 11) is 0. The monoisotopic (exact) mass is 351 g/mol. The van der Waals surface area contributed by atoms with E-state index >= 15 is 0 Å². The number of hydrogen-bond acceptors (Lipinski definition) is 3. The average molecular weight is 352 g/mol. The van der Waals surface area contributed by atoms with Crippen molar-refractivity contribution >= 4 is 35.0 Å². The molecule has 3 rings (SSSR count). The number of aromatic nitrogens is 3. The molecule has 6 heteroatoms. The summed E-state index contributed by atoms with van der Waals surface area (Å²) in [5.74, 6) is 1.48. The van der Waals surface area contributed by atoms with Gasteiger partial charge in [-0.05, 0) is 31.5 Å². The molecule has 2 heterocycles. The maximum atomic E-state index is 5.78. The molecule has 0 unspecified atom stereocenters. The number of alkyl halides is 1. The number of benzene rings is 1. The molecular formula is C17H19Cl2N3O. The van der Waals surface area contributed by atoms with Gasteiger partial charge in [-0.25, -0.2) is 4.98 Å². The van der Waals surface area contributed by atoms with Gasteiger partial charge in [0.1, 0.15) is 5.75 Å². The molecule has 2 aromatic heterocycles. The quantitative estimate of drug-likeness (QED) is 0.493. The van der Waals surface area contributed by atoms with Crippen molar-refractivity contribution < 1.29 is 4.74 Å². The van der Waals surface area contributed by atoms with Crippen molar-refractivity contribution in [1.82, 2.24) is 14.5 Å². The highest BCUT2D eigenvalue weighted by molar-refractivity contribution is 6.17. The summed E-state index contributed by atoms with van der Waals surface area (Å²) in [5.41, 5.74) is 4.16. The van der Waals surface area contributed by atoms with E-state index < -0.39 is 0 Å². The van der Waals surface area contributed by atoms with Crippen molar-refractivity contribution in [3.8, 4) is 5.75 Å². The Morgan fingerprint density at radius 2 is 2.00 bits per heavy atom. The second kappa shape index (κ2) is 8.18. The van der Waals surface area contributed by atoms with Crippen LogP contribution in [0.1, 0.15) is 17.7 Å². The molecule has 122 valence electrons. The summed E-state index contributed by atoms with van der Waals surface area (Å²) in [5, 5.41) is 0. The topological polar surface area (TPSA) is 39.9 Å². The predicted octanol–water partition coefficient (Wildman–Crippen LogP) is 4.22. The Bertz CT molecular complexity index is 773. The number of nitrogens with zero attached hydrogens (tertiary/aromatic N) is 3. The van der Waals surface area contributed by atoms with Crippen LogP contribution in [0.15, 0.2) is 42.9 Å². The molecule has 0 aliphatic carbocycles. The van der Waals surface area contributed by atoms with Crippen molar-refractivity contribution in [2.24, 2.45) is 0 Å². The highest BCUT2D eigenvalue weighted by atomic mass is 35.5. The van der Waals surface area contributed by atoms with Crippen LogP contribution < -0.4 is 4.74 Å². The first-order valence-corrected chi connectivity index (χ1v) is 7.86. The highest BCUT2D eigenvalue weighted by Crippen LogP contribution is 2.22. The van der Waals surface area contributed by atoms with Gasteiger partial charge in [0.15, 0.2) is 0 Å². The second-order valence-electron chi connectivity index (χ2n) is 5.13. The number of imidazole rings is 1. The van der Waals surface area contributed by atoms with Gasteiger partial charge in [0.2, 0.25) is 0 Å². The van der Waals surface area contributed by atoms with E-state index in [9.17, 15) is 0 Å². The Kier molecular flexibility index (Phi) is 6.25. The van der Waals surface area contributed by atoms with E-state index in [1.165, 1.54) is 0 Å². The first-order chi connectivity index (χ1) is 10.8. The fourth-order valence-corrected chi connectivity index (χ4v) is 2.52. The lowest BCUT2D eigenvalue weighted by Gasteiger charge is -2.12. The third kappa shape index (κ3) is 3.95. The standard InChI is InChI=1S/C17H18ClN3O.ClH/c1-13-15(19-9-7-17(13)22-10-4-8-18)11-21-12-20-14-5-2-3-6-16(14)21;/h2-3,5-7,9,12H,4,8,10-11H2,1H3;1H. The van der Waals surface area contributed by atoms with Crippen LogP contribution in [0.2, 0.25) is 0 Å². The zero-order chi connectivity index (χ0) is 15.4. The number of ether oxygens (including phenoxy) is 1. The predicted molar refractivity (Wildman–Crippen MR) is 95.9 cm³/mol. The molecule has 1 aromatic carbocycles. The lowest BCUT2D eigenvalue weighted by Crippen LogP contribution is -2.06. The average Bonchev–Trinajstić information content (AvgIpc) is 2.94. The minimum absolute atomic E-state index is 0.